The van der Waals surface area contributed by atoms with Gasteiger partial charge >= 0.3 is 0 Å². The quantitative estimate of drug-likeness (QED) is 0.524. The Morgan fingerprint density at radius 2 is 2.00 bits per heavy atom. The summed E-state index contributed by atoms with van der Waals surface area (Å²) in [5.41, 5.74) is 0. The molecule has 0 aromatic heterocycles. The molecule has 13 heavy (non-hydrogen) atoms. The highest BCUT2D eigenvalue weighted by Gasteiger charge is 2.19. The van der Waals surface area contributed by atoms with Crippen molar-refractivity contribution < 1.29 is 8.95 Å². The highest BCUT2D eigenvalue weighted by molar-refractivity contribution is 7.85. The topological polar surface area (TPSA) is 38.7 Å². The standard InChI is InChI=1S/C9H19NO2S/c1-6-7-8(12-5)10-13(11)9(2,3)4/h6-7H2,1-5H3/b10-8-/t13-/m1/s1. The molecule has 0 aromatic rings. The van der Waals surface area contributed by atoms with Crippen LogP contribution >= 0.6 is 0 Å². The van der Waals surface area contributed by atoms with E-state index in [-0.39, 0.29) is 4.75 Å². The van der Waals surface area contributed by atoms with Gasteiger partial charge < -0.3 is 4.74 Å². The van der Waals surface area contributed by atoms with Crippen molar-refractivity contribution in [2.45, 2.75) is 45.3 Å². The molecule has 0 heterocycles. The second kappa shape index (κ2) is 5.37. The van der Waals surface area contributed by atoms with Crippen molar-refractivity contribution in [3.8, 4) is 0 Å². The van der Waals surface area contributed by atoms with Crippen molar-refractivity contribution in [3.05, 3.63) is 0 Å². The second-order valence-electron chi connectivity index (χ2n) is 3.80. The van der Waals surface area contributed by atoms with E-state index in [2.05, 4.69) is 4.40 Å². The first-order valence-corrected chi connectivity index (χ1v) is 5.56. The third kappa shape index (κ3) is 5.03. The first-order chi connectivity index (χ1) is 5.91. The maximum absolute atomic E-state index is 11.6. The van der Waals surface area contributed by atoms with E-state index in [4.69, 9.17) is 4.74 Å². The molecule has 1 atom stereocenters. The molecule has 0 aliphatic heterocycles. The van der Waals surface area contributed by atoms with Gasteiger partial charge in [0.1, 0.15) is 11.0 Å². The summed E-state index contributed by atoms with van der Waals surface area (Å²) in [7, 11) is 0.358. The predicted molar refractivity (Wildman–Crippen MR) is 57.2 cm³/mol. The lowest BCUT2D eigenvalue weighted by Gasteiger charge is -2.14. The minimum absolute atomic E-state index is 0.308. The molecule has 0 rings (SSSR count). The van der Waals surface area contributed by atoms with E-state index >= 15 is 0 Å². The summed E-state index contributed by atoms with van der Waals surface area (Å²) in [6, 6.07) is 0. The molecule has 0 spiro atoms. The van der Waals surface area contributed by atoms with Crippen LogP contribution in [0.25, 0.3) is 0 Å². The maximum Gasteiger partial charge on any atom is 0.197 e. The molecule has 0 aliphatic rings. The van der Waals surface area contributed by atoms with Crippen molar-refractivity contribution in [1.29, 1.82) is 0 Å². The van der Waals surface area contributed by atoms with Gasteiger partial charge in [-0.3, -0.25) is 0 Å². The molecule has 0 bridgehead atoms. The van der Waals surface area contributed by atoms with Crippen molar-refractivity contribution in [2.75, 3.05) is 7.11 Å². The Morgan fingerprint density at radius 3 is 2.31 bits per heavy atom. The molecule has 0 radical (unpaired) electrons. The first-order valence-electron chi connectivity index (χ1n) is 4.45. The Hall–Kier alpha value is -0.380. The summed E-state index contributed by atoms with van der Waals surface area (Å²) in [6.45, 7) is 7.72. The van der Waals surface area contributed by atoms with Crippen molar-refractivity contribution in [3.63, 3.8) is 0 Å². The molecule has 0 N–H and O–H groups in total. The first kappa shape index (κ1) is 12.6. The van der Waals surface area contributed by atoms with Gasteiger partial charge in [-0.2, -0.15) is 4.40 Å². The summed E-state index contributed by atoms with van der Waals surface area (Å²) in [5.74, 6) is 0.579. The highest BCUT2D eigenvalue weighted by atomic mass is 32.2. The fourth-order valence-corrected chi connectivity index (χ4v) is 1.25. The SMILES string of the molecule is CCC/C(=N/[S@](=O)C(C)(C)C)OC. The van der Waals surface area contributed by atoms with Gasteiger partial charge in [-0.1, -0.05) is 6.92 Å². The van der Waals surface area contributed by atoms with Gasteiger partial charge in [-0.15, -0.1) is 0 Å². The number of hydrogen-bond donors (Lipinski definition) is 0. The number of methoxy groups -OCH3 is 1. The van der Waals surface area contributed by atoms with E-state index in [1.165, 1.54) is 0 Å². The molecule has 4 heteroatoms. The van der Waals surface area contributed by atoms with Crippen LogP contribution in [0.15, 0.2) is 4.40 Å². The molecule has 0 aliphatic carbocycles. The van der Waals surface area contributed by atoms with E-state index in [0.717, 1.165) is 12.8 Å². The van der Waals surface area contributed by atoms with Crippen LogP contribution in [0.1, 0.15) is 40.5 Å². The average molecular weight is 205 g/mol. The van der Waals surface area contributed by atoms with Gasteiger partial charge in [0.25, 0.3) is 0 Å². The Balaban J connectivity index is 4.42. The van der Waals surface area contributed by atoms with Crippen molar-refractivity contribution in [2.24, 2.45) is 4.40 Å². The number of hydrogen-bond acceptors (Lipinski definition) is 2. The summed E-state index contributed by atoms with van der Waals surface area (Å²) in [6.07, 6.45) is 1.70. The van der Waals surface area contributed by atoms with E-state index in [9.17, 15) is 4.21 Å². The fraction of sp³-hybridized carbons (Fsp3) is 0.889. The molecule has 3 nitrogen and oxygen atoms in total. The minimum atomic E-state index is -1.21. The van der Waals surface area contributed by atoms with Crippen LogP contribution in [-0.2, 0) is 15.7 Å². The number of nitrogens with zero attached hydrogens (tertiary/aromatic N) is 1. The van der Waals surface area contributed by atoms with E-state index in [1.54, 1.807) is 7.11 Å². The molecule has 0 unspecified atom stereocenters. The zero-order valence-electron chi connectivity index (χ0n) is 9.09. The third-order valence-electron chi connectivity index (χ3n) is 1.41. The molecule has 0 saturated heterocycles. The predicted octanol–water partition coefficient (Wildman–Crippen LogP) is 2.29. The number of rotatable bonds is 3. The van der Waals surface area contributed by atoms with Crippen molar-refractivity contribution in [1.82, 2.24) is 0 Å². The molecular weight excluding hydrogens is 186 g/mol. The lowest BCUT2D eigenvalue weighted by atomic mass is 10.3. The molecule has 0 amide bonds. The van der Waals surface area contributed by atoms with Crippen molar-refractivity contribution >= 4 is 16.9 Å². The Kier molecular flexibility index (Phi) is 5.21. The van der Waals surface area contributed by atoms with Crippen LogP contribution in [0, 0.1) is 0 Å². The van der Waals surface area contributed by atoms with E-state index in [0.29, 0.717) is 5.90 Å². The van der Waals surface area contributed by atoms with E-state index in [1.807, 2.05) is 27.7 Å². The summed E-state index contributed by atoms with van der Waals surface area (Å²) < 4.78 is 20.3. The molecule has 78 valence electrons. The monoisotopic (exact) mass is 205 g/mol. The van der Waals surface area contributed by atoms with Gasteiger partial charge in [-0.05, 0) is 27.2 Å². The smallest absolute Gasteiger partial charge is 0.197 e. The average Bonchev–Trinajstić information content (AvgIpc) is 2.01. The van der Waals surface area contributed by atoms with Gasteiger partial charge in [0.15, 0.2) is 5.90 Å². The van der Waals surface area contributed by atoms with Crippen LogP contribution in [-0.4, -0.2) is 22.0 Å². The Morgan fingerprint density at radius 1 is 1.46 bits per heavy atom. The third-order valence-corrected chi connectivity index (χ3v) is 2.83. The summed E-state index contributed by atoms with van der Waals surface area (Å²) in [4.78, 5) is 0. The molecule has 0 saturated carbocycles. The Bertz CT molecular complexity index is 206. The molecule has 0 fully saturated rings. The lowest BCUT2D eigenvalue weighted by Crippen LogP contribution is -2.21. The normalized spacial score (nSPS) is 15.6. The Labute approximate surface area is 83.2 Å². The van der Waals surface area contributed by atoms with Crippen LogP contribution in [0.5, 0.6) is 0 Å². The zero-order valence-corrected chi connectivity index (χ0v) is 9.90. The van der Waals surface area contributed by atoms with Crippen LogP contribution < -0.4 is 0 Å². The lowest BCUT2D eigenvalue weighted by molar-refractivity contribution is 0.390. The molecular formula is C9H19NO2S. The summed E-state index contributed by atoms with van der Waals surface area (Å²) >= 11 is 0. The van der Waals surface area contributed by atoms with Gasteiger partial charge in [-0.25, -0.2) is 4.21 Å². The van der Waals surface area contributed by atoms with Crippen LogP contribution in [0.2, 0.25) is 0 Å². The maximum atomic E-state index is 11.6. The summed E-state index contributed by atoms with van der Waals surface area (Å²) in [5, 5.41) is 0. The second-order valence-corrected chi connectivity index (χ2v) is 5.71. The van der Waals surface area contributed by atoms with E-state index < -0.39 is 11.0 Å². The fourth-order valence-electron chi connectivity index (χ4n) is 0.628. The number of ether oxygens (including phenoxy) is 1. The largest absolute Gasteiger partial charge is 0.484 e. The van der Waals surface area contributed by atoms with Gasteiger partial charge in [0, 0.05) is 6.42 Å². The van der Waals surface area contributed by atoms with Crippen LogP contribution in [0.3, 0.4) is 0 Å². The minimum Gasteiger partial charge on any atom is -0.484 e. The molecule has 0 aromatic carbocycles. The van der Waals surface area contributed by atoms with Gasteiger partial charge in [0.05, 0.1) is 11.9 Å². The van der Waals surface area contributed by atoms with Gasteiger partial charge in [0.2, 0.25) is 0 Å². The highest BCUT2D eigenvalue weighted by Crippen LogP contribution is 2.13. The van der Waals surface area contributed by atoms with Crippen LogP contribution in [0.4, 0.5) is 0 Å². The zero-order chi connectivity index (χ0) is 10.5.